The van der Waals surface area contributed by atoms with E-state index in [0.717, 1.165) is 20.6 Å². The smallest absolute Gasteiger partial charge is 0.234 e. The lowest BCUT2D eigenvalue weighted by atomic mass is 10.1. The largest absolute Gasteiger partial charge is 0.325 e. The first-order valence-corrected chi connectivity index (χ1v) is 8.36. The molecule has 0 aliphatic carbocycles. The average Bonchev–Trinajstić information content (AvgIpc) is 2.45. The molecule has 0 saturated heterocycles. The zero-order chi connectivity index (χ0) is 15.2. The number of hydrogen-bond acceptors (Lipinski definition) is 3. The highest BCUT2D eigenvalue weighted by atomic mass is 79.9. The number of halogens is 1. The molecule has 2 aromatic rings. The predicted molar refractivity (Wildman–Crippen MR) is 92.5 cm³/mol. The van der Waals surface area contributed by atoms with Crippen LogP contribution < -0.4 is 11.1 Å². The zero-order valence-corrected chi connectivity index (χ0v) is 14.1. The second kappa shape index (κ2) is 7.64. The molecule has 0 aromatic heterocycles. The van der Waals surface area contributed by atoms with Gasteiger partial charge in [-0.2, -0.15) is 0 Å². The van der Waals surface area contributed by atoms with Crippen molar-refractivity contribution in [2.45, 2.75) is 17.9 Å². The molecule has 0 aliphatic heterocycles. The van der Waals surface area contributed by atoms with Gasteiger partial charge in [-0.3, -0.25) is 4.79 Å². The van der Waals surface area contributed by atoms with Crippen LogP contribution in [0.25, 0.3) is 0 Å². The normalized spacial score (nSPS) is 12.0. The van der Waals surface area contributed by atoms with E-state index in [4.69, 9.17) is 5.73 Å². The summed E-state index contributed by atoms with van der Waals surface area (Å²) < 4.78 is 0.944. The molecule has 5 heteroatoms. The van der Waals surface area contributed by atoms with Gasteiger partial charge in [0.05, 0.1) is 5.75 Å². The highest BCUT2D eigenvalue weighted by Crippen LogP contribution is 2.21. The summed E-state index contributed by atoms with van der Waals surface area (Å²) in [5.74, 6) is 0.360. The maximum atomic E-state index is 11.9. The molecular formula is C16H17BrN2OS. The summed E-state index contributed by atoms with van der Waals surface area (Å²) in [5, 5.41) is 2.87. The molecule has 0 fully saturated rings. The molecule has 0 heterocycles. The summed E-state index contributed by atoms with van der Waals surface area (Å²) in [5.41, 5.74) is 7.70. The van der Waals surface area contributed by atoms with Gasteiger partial charge in [-0.1, -0.05) is 34.1 Å². The number of anilines is 1. The Morgan fingerprint density at radius 3 is 2.62 bits per heavy atom. The molecule has 1 unspecified atom stereocenters. The van der Waals surface area contributed by atoms with Crippen LogP contribution in [-0.4, -0.2) is 11.7 Å². The number of thioether (sulfide) groups is 1. The number of benzene rings is 2. The first-order valence-electron chi connectivity index (χ1n) is 6.58. The van der Waals surface area contributed by atoms with Crippen LogP contribution in [0.3, 0.4) is 0 Å². The van der Waals surface area contributed by atoms with Crippen LogP contribution in [0.15, 0.2) is 57.9 Å². The van der Waals surface area contributed by atoms with Crippen molar-refractivity contribution >= 4 is 39.3 Å². The lowest BCUT2D eigenvalue weighted by molar-refractivity contribution is -0.113. The van der Waals surface area contributed by atoms with Gasteiger partial charge >= 0.3 is 0 Å². The number of carbonyl (C=O) groups is 1. The van der Waals surface area contributed by atoms with E-state index in [2.05, 4.69) is 21.2 Å². The summed E-state index contributed by atoms with van der Waals surface area (Å²) in [6.07, 6.45) is 0. The summed E-state index contributed by atoms with van der Waals surface area (Å²) in [6, 6.07) is 15.6. The van der Waals surface area contributed by atoms with Crippen molar-refractivity contribution in [2.24, 2.45) is 5.73 Å². The van der Waals surface area contributed by atoms with E-state index in [9.17, 15) is 4.79 Å². The SMILES string of the molecule is CC(N)c1ccc(SCC(=O)Nc2cccc(Br)c2)cc1. The van der Waals surface area contributed by atoms with Crippen molar-refractivity contribution in [1.82, 2.24) is 0 Å². The van der Waals surface area contributed by atoms with Crippen molar-refractivity contribution in [3.8, 4) is 0 Å². The topological polar surface area (TPSA) is 55.1 Å². The predicted octanol–water partition coefficient (Wildman–Crippen LogP) is 4.20. The quantitative estimate of drug-likeness (QED) is 0.781. The van der Waals surface area contributed by atoms with Crippen LogP contribution in [0.2, 0.25) is 0 Å². The van der Waals surface area contributed by atoms with E-state index in [-0.39, 0.29) is 11.9 Å². The van der Waals surface area contributed by atoms with Gasteiger partial charge < -0.3 is 11.1 Å². The minimum Gasteiger partial charge on any atom is -0.325 e. The number of amides is 1. The van der Waals surface area contributed by atoms with Crippen molar-refractivity contribution in [3.05, 3.63) is 58.6 Å². The standard InChI is InChI=1S/C16H17BrN2OS/c1-11(18)12-5-7-15(8-6-12)21-10-16(20)19-14-4-2-3-13(17)9-14/h2-9,11H,10,18H2,1H3,(H,19,20). The molecule has 0 radical (unpaired) electrons. The number of rotatable bonds is 5. The van der Waals surface area contributed by atoms with Crippen LogP contribution in [0.4, 0.5) is 5.69 Å². The van der Waals surface area contributed by atoms with Crippen molar-refractivity contribution in [2.75, 3.05) is 11.1 Å². The fourth-order valence-corrected chi connectivity index (χ4v) is 2.88. The number of hydrogen-bond donors (Lipinski definition) is 2. The molecule has 0 bridgehead atoms. The molecule has 3 nitrogen and oxygen atoms in total. The van der Waals surface area contributed by atoms with E-state index in [1.165, 1.54) is 11.8 Å². The third-order valence-electron chi connectivity index (χ3n) is 2.88. The molecule has 1 amide bonds. The third kappa shape index (κ3) is 5.19. The van der Waals surface area contributed by atoms with E-state index >= 15 is 0 Å². The lowest BCUT2D eigenvalue weighted by Gasteiger charge is -2.08. The minimum absolute atomic E-state index is 0.0191. The van der Waals surface area contributed by atoms with Gasteiger partial charge in [0.1, 0.15) is 0 Å². The first-order chi connectivity index (χ1) is 10.0. The molecule has 21 heavy (non-hydrogen) atoms. The Hall–Kier alpha value is -1.30. The van der Waals surface area contributed by atoms with Crippen LogP contribution in [0, 0.1) is 0 Å². The average molecular weight is 365 g/mol. The Bertz CT molecular complexity index is 614. The summed E-state index contributed by atoms with van der Waals surface area (Å²) >= 11 is 4.89. The van der Waals surface area contributed by atoms with Gasteiger partial charge in [0.25, 0.3) is 0 Å². The van der Waals surface area contributed by atoms with E-state index < -0.39 is 0 Å². The number of carbonyl (C=O) groups excluding carboxylic acids is 1. The van der Waals surface area contributed by atoms with Gasteiger partial charge in [0.15, 0.2) is 0 Å². The Balaban J connectivity index is 1.86. The van der Waals surface area contributed by atoms with Crippen LogP contribution in [0.5, 0.6) is 0 Å². The van der Waals surface area contributed by atoms with Crippen LogP contribution >= 0.6 is 27.7 Å². The molecule has 3 N–H and O–H groups in total. The van der Waals surface area contributed by atoms with Crippen molar-refractivity contribution in [1.29, 1.82) is 0 Å². The maximum Gasteiger partial charge on any atom is 0.234 e. The molecule has 2 rings (SSSR count). The molecule has 0 saturated carbocycles. The Morgan fingerprint density at radius 1 is 1.29 bits per heavy atom. The zero-order valence-electron chi connectivity index (χ0n) is 11.7. The van der Waals surface area contributed by atoms with Gasteiger partial charge in [-0.05, 0) is 42.8 Å². The third-order valence-corrected chi connectivity index (χ3v) is 4.39. The van der Waals surface area contributed by atoms with Gasteiger partial charge in [0, 0.05) is 21.1 Å². The van der Waals surface area contributed by atoms with Crippen LogP contribution in [-0.2, 0) is 4.79 Å². The van der Waals surface area contributed by atoms with Crippen LogP contribution in [0.1, 0.15) is 18.5 Å². The highest BCUT2D eigenvalue weighted by molar-refractivity contribution is 9.10. The molecule has 0 aliphatic rings. The molecule has 0 spiro atoms. The minimum atomic E-state index is -0.0191. The Labute approximate surface area is 137 Å². The first kappa shape index (κ1) is 16.1. The van der Waals surface area contributed by atoms with E-state index in [0.29, 0.717) is 5.75 Å². The van der Waals surface area contributed by atoms with Gasteiger partial charge in [0.2, 0.25) is 5.91 Å². The molecule has 1 atom stereocenters. The fraction of sp³-hybridized carbons (Fsp3) is 0.188. The van der Waals surface area contributed by atoms with E-state index in [1.54, 1.807) is 0 Å². The second-order valence-electron chi connectivity index (χ2n) is 4.70. The summed E-state index contributed by atoms with van der Waals surface area (Å²) in [6.45, 7) is 1.95. The summed E-state index contributed by atoms with van der Waals surface area (Å²) in [4.78, 5) is 13.0. The molecule has 2 aromatic carbocycles. The fourth-order valence-electron chi connectivity index (χ4n) is 1.78. The monoisotopic (exact) mass is 364 g/mol. The maximum absolute atomic E-state index is 11.9. The lowest BCUT2D eigenvalue weighted by Crippen LogP contribution is -2.13. The number of nitrogens with two attached hydrogens (primary N) is 1. The second-order valence-corrected chi connectivity index (χ2v) is 6.67. The highest BCUT2D eigenvalue weighted by Gasteiger charge is 2.05. The molecule has 110 valence electrons. The van der Waals surface area contributed by atoms with E-state index in [1.807, 2.05) is 55.5 Å². The number of nitrogens with one attached hydrogen (secondary N) is 1. The Morgan fingerprint density at radius 2 is 2.00 bits per heavy atom. The molecular weight excluding hydrogens is 348 g/mol. The summed E-state index contributed by atoms with van der Waals surface area (Å²) in [7, 11) is 0. The van der Waals surface area contributed by atoms with Gasteiger partial charge in [-0.25, -0.2) is 0 Å². The van der Waals surface area contributed by atoms with Crippen molar-refractivity contribution < 1.29 is 4.79 Å². The Kier molecular flexibility index (Phi) is 5.85. The van der Waals surface area contributed by atoms with Gasteiger partial charge in [-0.15, -0.1) is 11.8 Å². The van der Waals surface area contributed by atoms with Crippen molar-refractivity contribution in [3.63, 3.8) is 0 Å².